The molecule has 0 unspecified atom stereocenters. The lowest BCUT2D eigenvalue weighted by Gasteiger charge is -2.14. The highest BCUT2D eigenvalue weighted by Gasteiger charge is 2.41. The fourth-order valence-corrected chi connectivity index (χ4v) is 1.18. The number of aryl methyl sites for hydroxylation is 1. The zero-order valence-electron chi connectivity index (χ0n) is 9.25. The number of carbonyl (C=O) groups is 1. The van der Waals surface area contributed by atoms with Crippen LogP contribution in [0.2, 0.25) is 0 Å². The predicted molar refractivity (Wildman–Crippen MR) is 51.0 cm³/mol. The maximum atomic E-state index is 12.5. The first-order chi connectivity index (χ1) is 8.24. The minimum atomic E-state index is -4.24. The molecule has 1 aromatic rings. The van der Waals surface area contributed by atoms with E-state index in [1.165, 1.54) is 13.0 Å². The lowest BCUT2D eigenvalue weighted by Crippen LogP contribution is -2.32. The summed E-state index contributed by atoms with van der Waals surface area (Å²) in [6.07, 6.45) is -3.81. The van der Waals surface area contributed by atoms with E-state index in [9.17, 15) is 22.4 Å². The van der Waals surface area contributed by atoms with Gasteiger partial charge >= 0.3 is 18.3 Å². The molecule has 8 heteroatoms. The molecular weight excluding hydrogens is 260 g/mol. The number of aromatic carboxylic acids is 1. The van der Waals surface area contributed by atoms with Crippen molar-refractivity contribution < 1.29 is 36.6 Å². The Morgan fingerprint density at radius 1 is 1.56 bits per heavy atom. The summed E-state index contributed by atoms with van der Waals surface area (Å²) in [5.74, 6) is -5.90. The summed E-state index contributed by atoms with van der Waals surface area (Å²) in [4.78, 5) is 10.6. The van der Waals surface area contributed by atoms with Crippen LogP contribution in [0.3, 0.4) is 0 Å². The van der Waals surface area contributed by atoms with Crippen LogP contribution in [0.15, 0.2) is 10.5 Å². The Kier molecular flexibility index (Phi) is 4.33. The summed E-state index contributed by atoms with van der Waals surface area (Å²) in [6.45, 7) is -0.520. The Morgan fingerprint density at radius 3 is 2.61 bits per heavy atom. The van der Waals surface area contributed by atoms with Gasteiger partial charge in [0.05, 0.1) is 0 Å². The maximum Gasteiger partial charge on any atom is 0.372 e. The standard InChI is InChI=1S/C10H10F4O4/c1-5-2-6(18-7(5)8(15)16)3-17-4-10(13,14)9(11)12/h2,9H,3-4H2,1H3,(H,15,16). The molecule has 0 saturated carbocycles. The van der Waals surface area contributed by atoms with E-state index >= 15 is 0 Å². The lowest BCUT2D eigenvalue weighted by molar-refractivity contribution is -0.169. The summed E-state index contributed by atoms with van der Waals surface area (Å²) < 4.78 is 57.7. The van der Waals surface area contributed by atoms with Gasteiger partial charge in [-0.25, -0.2) is 13.6 Å². The number of furan rings is 1. The van der Waals surface area contributed by atoms with Crippen LogP contribution in [-0.4, -0.2) is 30.0 Å². The van der Waals surface area contributed by atoms with Crippen LogP contribution in [0.1, 0.15) is 21.9 Å². The third-order valence-electron chi connectivity index (χ3n) is 2.02. The molecule has 1 heterocycles. The smallest absolute Gasteiger partial charge is 0.372 e. The number of carboxylic acid groups (broad SMARTS) is 1. The zero-order valence-corrected chi connectivity index (χ0v) is 9.25. The molecule has 0 saturated heterocycles. The number of ether oxygens (including phenoxy) is 1. The maximum absolute atomic E-state index is 12.5. The molecule has 0 atom stereocenters. The van der Waals surface area contributed by atoms with Gasteiger partial charge in [-0.1, -0.05) is 0 Å². The number of rotatable bonds is 6. The molecule has 18 heavy (non-hydrogen) atoms. The molecule has 0 aliphatic rings. The van der Waals surface area contributed by atoms with Crippen molar-refractivity contribution in [2.45, 2.75) is 25.9 Å². The first kappa shape index (κ1) is 14.5. The molecule has 1 rings (SSSR count). The molecule has 0 aromatic carbocycles. The predicted octanol–water partition coefficient (Wildman–Crippen LogP) is 2.70. The Balaban J connectivity index is 2.55. The van der Waals surface area contributed by atoms with Crippen LogP contribution in [-0.2, 0) is 11.3 Å². The van der Waals surface area contributed by atoms with Crippen LogP contribution in [0, 0.1) is 6.92 Å². The summed E-state index contributed by atoms with van der Waals surface area (Å²) in [5, 5.41) is 8.65. The Hall–Kier alpha value is -1.57. The average Bonchev–Trinajstić information content (AvgIpc) is 2.59. The van der Waals surface area contributed by atoms with Gasteiger partial charge in [0.15, 0.2) is 0 Å². The van der Waals surface area contributed by atoms with E-state index in [2.05, 4.69) is 4.74 Å². The van der Waals surface area contributed by atoms with E-state index in [1.54, 1.807) is 0 Å². The van der Waals surface area contributed by atoms with Gasteiger partial charge in [0.25, 0.3) is 0 Å². The summed E-state index contributed by atoms with van der Waals surface area (Å²) in [6, 6.07) is 1.28. The monoisotopic (exact) mass is 270 g/mol. The quantitative estimate of drug-likeness (QED) is 0.807. The number of carboxylic acids is 1. The van der Waals surface area contributed by atoms with Gasteiger partial charge in [-0.15, -0.1) is 0 Å². The Bertz CT molecular complexity index is 428. The van der Waals surface area contributed by atoms with Crippen molar-refractivity contribution in [3.63, 3.8) is 0 Å². The zero-order chi connectivity index (χ0) is 13.9. The second-order valence-electron chi connectivity index (χ2n) is 3.58. The van der Waals surface area contributed by atoms with Gasteiger partial charge in [-0.05, 0) is 13.0 Å². The molecule has 1 N–H and O–H groups in total. The molecule has 1 aromatic heterocycles. The van der Waals surface area contributed by atoms with E-state index < -0.39 is 31.5 Å². The number of hydrogen-bond acceptors (Lipinski definition) is 3. The van der Waals surface area contributed by atoms with E-state index in [1.807, 2.05) is 0 Å². The summed E-state index contributed by atoms with van der Waals surface area (Å²) >= 11 is 0. The fourth-order valence-electron chi connectivity index (χ4n) is 1.18. The molecule has 0 radical (unpaired) electrons. The van der Waals surface area contributed by atoms with E-state index in [0.29, 0.717) is 5.56 Å². The highest BCUT2D eigenvalue weighted by Crippen LogP contribution is 2.23. The number of alkyl halides is 4. The van der Waals surface area contributed by atoms with Crippen molar-refractivity contribution in [1.29, 1.82) is 0 Å². The number of halogens is 4. The van der Waals surface area contributed by atoms with E-state index in [-0.39, 0.29) is 11.5 Å². The Labute approximate surface area is 99.1 Å². The van der Waals surface area contributed by atoms with Crippen LogP contribution in [0.5, 0.6) is 0 Å². The largest absolute Gasteiger partial charge is 0.475 e. The van der Waals surface area contributed by atoms with Crippen LogP contribution >= 0.6 is 0 Å². The van der Waals surface area contributed by atoms with Gasteiger partial charge in [0.2, 0.25) is 5.76 Å². The van der Waals surface area contributed by atoms with Crippen molar-refractivity contribution >= 4 is 5.97 Å². The van der Waals surface area contributed by atoms with Crippen molar-refractivity contribution in [2.75, 3.05) is 6.61 Å². The first-order valence-corrected chi connectivity index (χ1v) is 4.80. The molecule has 0 fully saturated rings. The highest BCUT2D eigenvalue weighted by atomic mass is 19.3. The van der Waals surface area contributed by atoms with Gasteiger partial charge in [-0.3, -0.25) is 0 Å². The lowest BCUT2D eigenvalue weighted by atomic mass is 10.3. The van der Waals surface area contributed by atoms with Crippen molar-refractivity contribution in [3.8, 4) is 0 Å². The highest BCUT2D eigenvalue weighted by molar-refractivity contribution is 5.86. The van der Waals surface area contributed by atoms with Crippen LogP contribution in [0.4, 0.5) is 17.6 Å². The first-order valence-electron chi connectivity index (χ1n) is 4.80. The van der Waals surface area contributed by atoms with Gasteiger partial charge in [-0.2, -0.15) is 8.78 Å². The SMILES string of the molecule is Cc1cc(COCC(F)(F)C(F)F)oc1C(=O)O. The minimum absolute atomic E-state index is 0.0185. The third-order valence-corrected chi connectivity index (χ3v) is 2.02. The molecule has 0 bridgehead atoms. The second kappa shape index (κ2) is 5.38. The van der Waals surface area contributed by atoms with Crippen molar-refractivity contribution in [2.24, 2.45) is 0 Å². The molecule has 0 aliphatic heterocycles. The van der Waals surface area contributed by atoms with Gasteiger partial charge < -0.3 is 14.3 Å². The fraction of sp³-hybridized carbons (Fsp3) is 0.500. The average molecular weight is 270 g/mol. The second-order valence-corrected chi connectivity index (χ2v) is 3.58. The van der Waals surface area contributed by atoms with Crippen molar-refractivity contribution in [1.82, 2.24) is 0 Å². The molecular formula is C10H10F4O4. The van der Waals surface area contributed by atoms with Crippen molar-refractivity contribution in [3.05, 3.63) is 23.2 Å². The van der Waals surface area contributed by atoms with E-state index in [4.69, 9.17) is 9.52 Å². The Morgan fingerprint density at radius 2 is 2.17 bits per heavy atom. The van der Waals surface area contributed by atoms with Crippen LogP contribution < -0.4 is 0 Å². The minimum Gasteiger partial charge on any atom is -0.475 e. The van der Waals surface area contributed by atoms with E-state index in [0.717, 1.165) is 0 Å². The molecule has 0 spiro atoms. The normalized spacial score (nSPS) is 12.1. The number of hydrogen-bond donors (Lipinski definition) is 1. The summed E-state index contributed by atoms with van der Waals surface area (Å²) in [5.41, 5.74) is 0.293. The third kappa shape index (κ3) is 3.46. The molecule has 4 nitrogen and oxygen atoms in total. The topological polar surface area (TPSA) is 59.7 Å². The van der Waals surface area contributed by atoms with Crippen LogP contribution in [0.25, 0.3) is 0 Å². The molecule has 102 valence electrons. The van der Waals surface area contributed by atoms with Gasteiger partial charge in [0, 0.05) is 5.56 Å². The molecule has 0 aliphatic carbocycles. The summed E-state index contributed by atoms with van der Waals surface area (Å²) in [7, 11) is 0. The van der Waals surface area contributed by atoms with Gasteiger partial charge in [0.1, 0.15) is 19.0 Å². The molecule has 0 amide bonds.